The minimum absolute atomic E-state index is 0.193. The average Bonchev–Trinajstić information content (AvgIpc) is 2.51. The Hall–Kier alpha value is -2.69. The van der Waals surface area contributed by atoms with Crippen LogP contribution in [-0.2, 0) is 9.53 Å². The highest BCUT2D eigenvalue weighted by molar-refractivity contribution is 6.25. The molecule has 0 bridgehead atoms. The van der Waals surface area contributed by atoms with Crippen LogP contribution in [0.5, 0.6) is 0 Å². The number of amides is 2. The van der Waals surface area contributed by atoms with Crippen LogP contribution < -0.4 is 0 Å². The van der Waals surface area contributed by atoms with E-state index in [2.05, 4.69) is 0 Å². The second kappa shape index (κ2) is 5.60. The van der Waals surface area contributed by atoms with E-state index >= 15 is 0 Å². The van der Waals surface area contributed by atoms with Gasteiger partial charge in [0.1, 0.15) is 0 Å². The molecule has 22 heavy (non-hydrogen) atoms. The summed E-state index contributed by atoms with van der Waals surface area (Å²) in [6.07, 6.45) is 0.426. The number of carbonyl (C=O) groups excluding carboxylic acids is 3. The molecule has 112 valence electrons. The first kappa shape index (κ1) is 14.3. The minimum atomic E-state index is -0.369. The molecule has 3 rings (SSSR count). The van der Waals surface area contributed by atoms with Crippen molar-refractivity contribution in [3.8, 4) is 0 Å². The van der Waals surface area contributed by atoms with Crippen molar-refractivity contribution in [2.75, 3.05) is 13.2 Å². The molecular weight excluding hydrogens is 282 g/mol. The van der Waals surface area contributed by atoms with Gasteiger partial charge in [0, 0.05) is 30.0 Å². The van der Waals surface area contributed by atoms with Crippen molar-refractivity contribution in [1.82, 2.24) is 4.90 Å². The number of hydrogen-bond donors (Lipinski definition) is 0. The van der Waals surface area contributed by atoms with Gasteiger partial charge in [-0.2, -0.15) is 0 Å². The molecular formula is C17H15NO4. The van der Waals surface area contributed by atoms with Crippen molar-refractivity contribution in [1.29, 1.82) is 0 Å². The fourth-order valence-electron chi connectivity index (χ4n) is 2.72. The average molecular weight is 297 g/mol. The lowest BCUT2D eigenvalue weighted by atomic mass is 9.94. The zero-order chi connectivity index (χ0) is 15.7. The summed E-state index contributed by atoms with van der Waals surface area (Å²) in [7, 11) is 0. The van der Waals surface area contributed by atoms with E-state index in [1.54, 1.807) is 12.1 Å². The number of carbonyl (C=O) groups is 3. The lowest BCUT2D eigenvalue weighted by Gasteiger charge is -2.27. The van der Waals surface area contributed by atoms with Gasteiger partial charge in [-0.05, 0) is 23.9 Å². The van der Waals surface area contributed by atoms with E-state index in [0.29, 0.717) is 17.5 Å². The molecule has 0 spiro atoms. The SMILES string of the molecule is CC(=O)OCCCN1C(=O)c2cccc3cccc(c23)C1=O. The Morgan fingerprint density at radius 3 is 2.18 bits per heavy atom. The molecule has 1 heterocycles. The second-order valence-electron chi connectivity index (χ2n) is 5.16. The van der Waals surface area contributed by atoms with Crippen molar-refractivity contribution in [2.24, 2.45) is 0 Å². The van der Waals surface area contributed by atoms with E-state index in [1.807, 2.05) is 24.3 Å². The summed E-state index contributed by atoms with van der Waals surface area (Å²) < 4.78 is 4.84. The van der Waals surface area contributed by atoms with Crippen molar-refractivity contribution in [3.05, 3.63) is 47.5 Å². The van der Waals surface area contributed by atoms with Crippen LogP contribution >= 0.6 is 0 Å². The molecule has 0 saturated carbocycles. The van der Waals surface area contributed by atoms with E-state index in [4.69, 9.17) is 4.74 Å². The Balaban J connectivity index is 1.89. The Bertz CT molecular complexity index is 731. The monoisotopic (exact) mass is 297 g/mol. The second-order valence-corrected chi connectivity index (χ2v) is 5.16. The number of nitrogens with zero attached hydrogens (tertiary/aromatic N) is 1. The zero-order valence-corrected chi connectivity index (χ0v) is 12.2. The summed E-state index contributed by atoms with van der Waals surface area (Å²) in [4.78, 5) is 37.0. The summed E-state index contributed by atoms with van der Waals surface area (Å²) in [6.45, 7) is 1.75. The Morgan fingerprint density at radius 1 is 1.05 bits per heavy atom. The van der Waals surface area contributed by atoms with E-state index in [0.717, 1.165) is 10.8 Å². The van der Waals surface area contributed by atoms with E-state index in [-0.39, 0.29) is 30.9 Å². The molecule has 0 fully saturated rings. The Morgan fingerprint density at radius 2 is 1.64 bits per heavy atom. The van der Waals surface area contributed by atoms with Gasteiger partial charge < -0.3 is 4.74 Å². The van der Waals surface area contributed by atoms with Crippen molar-refractivity contribution < 1.29 is 19.1 Å². The van der Waals surface area contributed by atoms with Gasteiger partial charge in [-0.1, -0.05) is 24.3 Å². The Labute approximate surface area is 127 Å². The molecule has 2 aromatic rings. The number of imide groups is 1. The van der Waals surface area contributed by atoms with Gasteiger partial charge in [-0.15, -0.1) is 0 Å². The quantitative estimate of drug-likeness (QED) is 0.494. The van der Waals surface area contributed by atoms with Crippen LogP contribution in [0.1, 0.15) is 34.1 Å². The molecule has 0 aromatic heterocycles. The largest absolute Gasteiger partial charge is 0.466 e. The van der Waals surface area contributed by atoms with Gasteiger partial charge >= 0.3 is 5.97 Å². The lowest BCUT2D eigenvalue weighted by Crippen LogP contribution is -2.41. The molecule has 0 atom stereocenters. The first-order chi connectivity index (χ1) is 10.6. The molecule has 5 nitrogen and oxygen atoms in total. The predicted molar refractivity (Wildman–Crippen MR) is 80.6 cm³/mol. The normalized spacial score (nSPS) is 13.6. The summed E-state index contributed by atoms with van der Waals surface area (Å²) in [5.74, 6) is -0.958. The third-order valence-electron chi connectivity index (χ3n) is 3.69. The van der Waals surface area contributed by atoms with Crippen LogP contribution in [0.25, 0.3) is 10.8 Å². The molecule has 0 aliphatic carbocycles. The van der Waals surface area contributed by atoms with Crippen LogP contribution in [0.15, 0.2) is 36.4 Å². The van der Waals surface area contributed by atoms with Crippen molar-refractivity contribution in [2.45, 2.75) is 13.3 Å². The molecule has 0 N–H and O–H groups in total. The summed E-state index contributed by atoms with van der Waals surface area (Å²) >= 11 is 0. The Kier molecular flexibility index (Phi) is 3.63. The fraction of sp³-hybridized carbons (Fsp3) is 0.235. The molecule has 2 aromatic carbocycles. The van der Waals surface area contributed by atoms with Crippen molar-refractivity contribution in [3.63, 3.8) is 0 Å². The molecule has 2 amide bonds. The third-order valence-corrected chi connectivity index (χ3v) is 3.69. The van der Waals surface area contributed by atoms with Crippen molar-refractivity contribution >= 4 is 28.6 Å². The number of benzene rings is 2. The van der Waals surface area contributed by atoms with Gasteiger partial charge in [0.2, 0.25) is 0 Å². The molecule has 5 heteroatoms. The third kappa shape index (κ3) is 2.35. The molecule has 0 saturated heterocycles. The molecule has 1 aliphatic rings. The first-order valence-electron chi connectivity index (χ1n) is 7.11. The molecule has 0 radical (unpaired) electrons. The molecule has 0 unspecified atom stereocenters. The standard InChI is InChI=1S/C17H15NO4/c1-11(19)22-10-4-9-18-16(20)13-7-2-5-12-6-3-8-14(15(12)13)17(18)21/h2-3,5-8H,4,9-10H2,1H3. The smallest absolute Gasteiger partial charge is 0.302 e. The van der Waals surface area contributed by atoms with E-state index in [1.165, 1.54) is 11.8 Å². The maximum atomic E-state index is 12.5. The van der Waals surface area contributed by atoms with Crippen LogP contribution in [0.4, 0.5) is 0 Å². The number of esters is 1. The fourth-order valence-corrected chi connectivity index (χ4v) is 2.72. The first-order valence-corrected chi connectivity index (χ1v) is 7.11. The van der Waals surface area contributed by atoms with Gasteiger partial charge in [0.15, 0.2) is 0 Å². The highest BCUT2D eigenvalue weighted by atomic mass is 16.5. The lowest BCUT2D eigenvalue weighted by molar-refractivity contribution is -0.141. The van der Waals surface area contributed by atoms with Gasteiger partial charge in [0.25, 0.3) is 11.8 Å². The minimum Gasteiger partial charge on any atom is -0.466 e. The maximum absolute atomic E-state index is 12.5. The highest BCUT2D eigenvalue weighted by Gasteiger charge is 2.32. The van der Waals surface area contributed by atoms with Crippen LogP contribution in [0, 0.1) is 0 Å². The molecule has 1 aliphatic heterocycles. The van der Waals surface area contributed by atoms with Gasteiger partial charge in [0.05, 0.1) is 6.61 Å². The summed E-state index contributed by atoms with van der Waals surface area (Å²) in [5.41, 5.74) is 1.08. The number of ether oxygens (including phenoxy) is 1. The van der Waals surface area contributed by atoms with Gasteiger partial charge in [-0.25, -0.2) is 0 Å². The topological polar surface area (TPSA) is 63.7 Å². The number of hydrogen-bond acceptors (Lipinski definition) is 4. The summed E-state index contributed by atoms with van der Waals surface area (Å²) in [5, 5.41) is 1.60. The summed E-state index contributed by atoms with van der Waals surface area (Å²) in [6, 6.07) is 10.9. The van der Waals surface area contributed by atoms with Crippen LogP contribution in [-0.4, -0.2) is 35.8 Å². The highest BCUT2D eigenvalue weighted by Crippen LogP contribution is 2.29. The van der Waals surface area contributed by atoms with E-state index < -0.39 is 0 Å². The van der Waals surface area contributed by atoms with Crippen LogP contribution in [0.3, 0.4) is 0 Å². The predicted octanol–water partition coefficient (Wildman–Crippen LogP) is 2.39. The van der Waals surface area contributed by atoms with E-state index in [9.17, 15) is 14.4 Å². The number of rotatable bonds is 4. The van der Waals surface area contributed by atoms with Gasteiger partial charge in [-0.3, -0.25) is 19.3 Å². The zero-order valence-electron chi connectivity index (χ0n) is 12.2. The van der Waals surface area contributed by atoms with Crippen LogP contribution in [0.2, 0.25) is 0 Å². The maximum Gasteiger partial charge on any atom is 0.302 e.